The Bertz CT molecular complexity index is 820. The summed E-state index contributed by atoms with van der Waals surface area (Å²) in [6.07, 6.45) is 7.27. The van der Waals surface area contributed by atoms with Gasteiger partial charge in [-0.15, -0.1) is 10.2 Å². The molecular formula is C19H18N4S. The minimum Gasteiger partial charge on any atom is -0.195 e. The van der Waals surface area contributed by atoms with E-state index in [0.717, 1.165) is 16.5 Å². The summed E-state index contributed by atoms with van der Waals surface area (Å²) in [4.78, 5) is 0. The number of thioether (sulfide) groups is 1. The number of rotatable bonds is 6. The van der Waals surface area contributed by atoms with Gasteiger partial charge in [-0.05, 0) is 24.1 Å². The Morgan fingerprint density at radius 3 is 2.67 bits per heavy atom. The first-order chi connectivity index (χ1) is 11.8. The summed E-state index contributed by atoms with van der Waals surface area (Å²) in [5.74, 6) is 0.842. The SMILES string of the molecule is Cc1ccc(CSc2nncn2/N=C\C=C\c2ccccc2)cc1. The Morgan fingerprint density at radius 2 is 1.88 bits per heavy atom. The molecule has 0 atom stereocenters. The van der Waals surface area contributed by atoms with E-state index < -0.39 is 0 Å². The number of aromatic nitrogens is 3. The fourth-order valence-electron chi connectivity index (χ4n) is 2.05. The van der Waals surface area contributed by atoms with Crippen LogP contribution in [0.4, 0.5) is 0 Å². The lowest BCUT2D eigenvalue weighted by Gasteiger charge is -2.01. The second-order valence-corrected chi connectivity index (χ2v) is 6.21. The second kappa shape index (κ2) is 8.26. The summed E-state index contributed by atoms with van der Waals surface area (Å²) in [5.41, 5.74) is 3.66. The maximum absolute atomic E-state index is 4.37. The van der Waals surface area contributed by atoms with E-state index in [1.165, 1.54) is 11.1 Å². The molecule has 0 unspecified atom stereocenters. The third kappa shape index (κ3) is 4.67. The van der Waals surface area contributed by atoms with Crippen LogP contribution in [0.25, 0.3) is 6.08 Å². The molecule has 0 aliphatic heterocycles. The molecule has 4 nitrogen and oxygen atoms in total. The molecule has 0 fully saturated rings. The first-order valence-electron chi connectivity index (χ1n) is 7.66. The molecule has 3 rings (SSSR count). The summed E-state index contributed by atoms with van der Waals surface area (Å²) in [6, 6.07) is 18.6. The van der Waals surface area contributed by atoms with Crippen molar-refractivity contribution in [3.63, 3.8) is 0 Å². The summed E-state index contributed by atoms with van der Waals surface area (Å²) >= 11 is 1.62. The number of aryl methyl sites for hydroxylation is 1. The molecule has 120 valence electrons. The van der Waals surface area contributed by atoms with Crippen molar-refractivity contribution in [2.45, 2.75) is 17.8 Å². The number of benzene rings is 2. The Kier molecular flexibility index (Phi) is 5.58. The molecule has 0 amide bonds. The van der Waals surface area contributed by atoms with Crippen LogP contribution < -0.4 is 0 Å². The van der Waals surface area contributed by atoms with Crippen LogP contribution in [0, 0.1) is 6.92 Å². The largest absolute Gasteiger partial charge is 0.212 e. The zero-order chi connectivity index (χ0) is 16.6. The third-order valence-electron chi connectivity index (χ3n) is 3.35. The number of nitrogens with zero attached hydrogens (tertiary/aromatic N) is 4. The van der Waals surface area contributed by atoms with Crippen LogP contribution in [-0.4, -0.2) is 21.1 Å². The number of allylic oxidation sites excluding steroid dienone is 1. The van der Waals surface area contributed by atoms with Crippen molar-refractivity contribution in [3.8, 4) is 0 Å². The van der Waals surface area contributed by atoms with Crippen molar-refractivity contribution in [2.75, 3.05) is 0 Å². The van der Waals surface area contributed by atoms with Crippen molar-refractivity contribution in [3.05, 3.63) is 83.7 Å². The monoisotopic (exact) mass is 334 g/mol. The normalized spacial score (nSPS) is 11.5. The topological polar surface area (TPSA) is 43.1 Å². The van der Waals surface area contributed by atoms with Gasteiger partial charge in [0.15, 0.2) is 0 Å². The predicted octanol–water partition coefficient (Wildman–Crippen LogP) is 4.43. The Hall–Kier alpha value is -2.66. The van der Waals surface area contributed by atoms with Crippen LogP contribution in [0.2, 0.25) is 0 Å². The van der Waals surface area contributed by atoms with E-state index in [2.05, 4.69) is 46.5 Å². The van der Waals surface area contributed by atoms with Crippen LogP contribution in [0.15, 0.2) is 77.3 Å². The average molecular weight is 334 g/mol. The highest BCUT2D eigenvalue weighted by molar-refractivity contribution is 7.98. The smallest absolute Gasteiger partial charge is 0.195 e. The molecule has 24 heavy (non-hydrogen) atoms. The quantitative estimate of drug-likeness (QED) is 0.495. The Morgan fingerprint density at radius 1 is 1.08 bits per heavy atom. The fourth-order valence-corrected chi connectivity index (χ4v) is 2.87. The molecule has 3 aromatic rings. The van der Waals surface area contributed by atoms with Crippen molar-refractivity contribution >= 4 is 24.1 Å². The molecule has 1 aromatic heterocycles. The Balaban J connectivity index is 1.59. The van der Waals surface area contributed by atoms with Gasteiger partial charge < -0.3 is 0 Å². The van der Waals surface area contributed by atoms with Crippen LogP contribution in [0.3, 0.4) is 0 Å². The van der Waals surface area contributed by atoms with Crippen molar-refractivity contribution < 1.29 is 0 Å². The van der Waals surface area contributed by atoms with Gasteiger partial charge in [0, 0.05) is 12.0 Å². The average Bonchev–Trinajstić information content (AvgIpc) is 3.07. The Labute approximate surface area is 145 Å². The van der Waals surface area contributed by atoms with E-state index in [9.17, 15) is 0 Å². The molecule has 5 heteroatoms. The van der Waals surface area contributed by atoms with E-state index in [0.29, 0.717) is 0 Å². The molecule has 0 radical (unpaired) electrons. The molecule has 0 aliphatic rings. The first kappa shape index (κ1) is 16.2. The highest BCUT2D eigenvalue weighted by atomic mass is 32.2. The van der Waals surface area contributed by atoms with E-state index in [1.54, 1.807) is 29.0 Å². The van der Waals surface area contributed by atoms with Crippen LogP contribution in [0.1, 0.15) is 16.7 Å². The fraction of sp³-hybridized carbons (Fsp3) is 0.105. The van der Waals surface area contributed by atoms with Gasteiger partial charge >= 0.3 is 0 Å². The van der Waals surface area contributed by atoms with Crippen molar-refractivity contribution in [1.29, 1.82) is 0 Å². The van der Waals surface area contributed by atoms with Crippen LogP contribution in [0.5, 0.6) is 0 Å². The van der Waals surface area contributed by atoms with Gasteiger partial charge in [-0.25, -0.2) is 0 Å². The minimum atomic E-state index is 0.778. The lowest BCUT2D eigenvalue weighted by Crippen LogP contribution is -1.91. The molecule has 0 N–H and O–H groups in total. The molecule has 0 aliphatic carbocycles. The molecule has 0 spiro atoms. The molecule has 0 bridgehead atoms. The molecule has 0 saturated carbocycles. The van der Waals surface area contributed by atoms with Gasteiger partial charge in [-0.3, -0.25) is 0 Å². The maximum atomic E-state index is 4.37. The summed E-state index contributed by atoms with van der Waals surface area (Å²) in [6.45, 7) is 2.09. The van der Waals surface area contributed by atoms with Crippen LogP contribution in [-0.2, 0) is 5.75 Å². The zero-order valence-corrected chi connectivity index (χ0v) is 14.2. The standard InChI is InChI=1S/C19H18N4S/c1-16-9-11-18(12-10-16)14-24-19-22-20-15-23(19)21-13-5-8-17-6-3-2-4-7-17/h2-13,15H,14H2,1H3/b8-5+,21-13-. The van der Waals surface area contributed by atoms with Gasteiger partial charge in [0.25, 0.3) is 0 Å². The van der Waals surface area contributed by atoms with Crippen LogP contribution >= 0.6 is 11.8 Å². The van der Waals surface area contributed by atoms with Crippen molar-refractivity contribution in [2.24, 2.45) is 5.10 Å². The minimum absolute atomic E-state index is 0.778. The van der Waals surface area contributed by atoms with Gasteiger partial charge in [-0.2, -0.15) is 9.78 Å². The summed E-state index contributed by atoms with van der Waals surface area (Å²) in [5, 5.41) is 13.2. The van der Waals surface area contributed by atoms with Gasteiger partial charge in [0.1, 0.15) is 6.33 Å². The molecular weight excluding hydrogens is 316 g/mol. The predicted molar refractivity (Wildman–Crippen MR) is 100 cm³/mol. The third-order valence-corrected chi connectivity index (χ3v) is 4.36. The molecule has 0 saturated heterocycles. The van der Waals surface area contributed by atoms with E-state index >= 15 is 0 Å². The lowest BCUT2D eigenvalue weighted by molar-refractivity contribution is 0.767. The second-order valence-electron chi connectivity index (χ2n) is 5.27. The van der Waals surface area contributed by atoms with E-state index in [1.807, 2.05) is 42.5 Å². The van der Waals surface area contributed by atoms with Gasteiger partial charge in [0.2, 0.25) is 5.16 Å². The maximum Gasteiger partial charge on any atom is 0.212 e. The van der Waals surface area contributed by atoms with Crippen molar-refractivity contribution in [1.82, 2.24) is 14.9 Å². The highest BCUT2D eigenvalue weighted by Gasteiger charge is 2.04. The highest BCUT2D eigenvalue weighted by Crippen LogP contribution is 2.20. The first-order valence-corrected chi connectivity index (χ1v) is 8.64. The summed E-state index contributed by atoms with van der Waals surface area (Å²) < 4.78 is 1.69. The number of hydrogen-bond donors (Lipinski definition) is 0. The van der Waals surface area contributed by atoms with Gasteiger partial charge in [0.05, 0.1) is 0 Å². The van der Waals surface area contributed by atoms with E-state index in [4.69, 9.17) is 0 Å². The number of hydrogen-bond acceptors (Lipinski definition) is 4. The molecule has 2 aromatic carbocycles. The van der Waals surface area contributed by atoms with E-state index in [-0.39, 0.29) is 0 Å². The lowest BCUT2D eigenvalue weighted by atomic mass is 10.2. The van der Waals surface area contributed by atoms with Gasteiger partial charge in [-0.1, -0.05) is 78.0 Å². The summed E-state index contributed by atoms with van der Waals surface area (Å²) in [7, 11) is 0. The zero-order valence-electron chi connectivity index (χ0n) is 13.4. The molecule has 1 heterocycles.